The van der Waals surface area contributed by atoms with Crippen LogP contribution in [0, 0.1) is 5.92 Å². The van der Waals surface area contributed by atoms with Crippen molar-refractivity contribution in [1.29, 1.82) is 0 Å². The minimum absolute atomic E-state index is 0.0222. The Hall–Kier alpha value is -2.79. The van der Waals surface area contributed by atoms with Gasteiger partial charge in [0.15, 0.2) is 0 Å². The minimum atomic E-state index is -3.78. The fourth-order valence-electron chi connectivity index (χ4n) is 3.73. The Morgan fingerprint density at radius 2 is 1.61 bits per heavy atom. The summed E-state index contributed by atoms with van der Waals surface area (Å²) >= 11 is 0. The van der Waals surface area contributed by atoms with Gasteiger partial charge in [-0.15, -0.1) is 0 Å². The van der Waals surface area contributed by atoms with Crippen LogP contribution < -0.4 is 9.64 Å². The molecule has 0 unspecified atom stereocenters. The van der Waals surface area contributed by atoms with Crippen molar-refractivity contribution in [3.63, 3.8) is 0 Å². The Kier molecular flexibility index (Phi) is 6.05. The van der Waals surface area contributed by atoms with Crippen LogP contribution in [0.25, 0.3) is 0 Å². The van der Waals surface area contributed by atoms with Crippen LogP contribution in [0.4, 0.5) is 14.5 Å². The van der Waals surface area contributed by atoms with Crippen molar-refractivity contribution in [2.75, 3.05) is 44.2 Å². The highest BCUT2D eigenvalue weighted by atomic mass is 32.2. The SMILES string of the molecule is O=C(C1CN(S(=O)(=O)c2ccc(OC(F)F)cc2)C1)N1CCN(c2ccncc2)CC1. The molecule has 166 valence electrons. The molecule has 2 fully saturated rings. The van der Waals surface area contributed by atoms with E-state index < -0.39 is 16.6 Å². The topological polar surface area (TPSA) is 83.0 Å². The molecule has 0 spiro atoms. The highest BCUT2D eigenvalue weighted by Gasteiger charge is 2.42. The molecule has 4 rings (SSSR count). The van der Waals surface area contributed by atoms with Crippen LogP contribution >= 0.6 is 0 Å². The lowest BCUT2D eigenvalue weighted by atomic mass is 10.0. The van der Waals surface area contributed by atoms with E-state index >= 15 is 0 Å². The van der Waals surface area contributed by atoms with Gasteiger partial charge in [0.25, 0.3) is 0 Å². The Balaban J connectivity index is 1.30. The van der Waals surface area contributed by atoms with E-state index in [4.69, 9.17) is 0 Å². The van der Waals surface area contributed by atoms with E-state index in [1.54, 1.807) is 17.3 Å². The summed E-state index contributed by atoms with van der Waals surface area (Å²) in [7, 11) is -3.78. The predicted octanol–water partition coefficient (Wildman–Crippen LogP) is 1.65. The first-order valence-corrected chi connectivity index (χ1v) is 11.3. The number of anilines is 1. The lowest BCUT2D eigenvalue weighted by Gasteiger charge is -2.42. The number of alkyl halides is 2. The summed E-state index contributed by atoms with van der Waals surface area (Å²) in [4.78, 5) is 20.7. The van der Waals surface area contributed by atoms with Crippen molar-refractivity contribution >= 4 is 21.6 Å². The maximum Gasteiger partial charge on any atom is 0.387 e. The molecule has 8 nitrogen and oxygen atoms in total. The zero-order valence-electron chi connectivity index (χ0n) is 16.6. The van der Waals surface area contributed by atoms with Crippen LogP contribution in [0.3, 0.4) is 0 Å². The van der Waals surface area contributed by atoms with Crippen LogP contribution in [0.2, 0.25) is 0 Å². The highest BCUT2D eigenvalue weighted by molar-refractivity contribution is 7.89. The molecule has 31 heavy (non-hydrogen) atoms. The number of piperazine rings is 1. The van der Waals surface area contributed by atoms with E-state index in [1.807, 2.05) is 12.1 Å². The number of rotatable bonds is 6. The van der Waals surface area contributed by atoms with Gasteiger partial charge in [-0.25, -0.2) is 8.42 Å². The summed E-state index contributed by atoms with van der Waals surface area (Å²) in [5, 5.41) is 0. The Morgan fingerprint density at radius 1 is 1.00 bits per heavy atom. The summed E-state index contributed by atoms with van der Waals surface area (Å²) in [6, 6.07) is 8.67. The second kappa shape index (κ2) is 8.75. The molecular formula is C20H22F2N4O4S. The van der Waals surface area contributed by atoms with Gasteiger partial charge in [-0.3, -0.25) is 9.78 Å². The summed E-state index contributed by atoms with van der Waals surface area (Å²) < 4.78 is 55.3. The van der Waals surface area contributed by atoms with Crippen LogP contribution in [0.5, 0.6) is 5.75 Å². The Labute approximate surface area is 179 Å². The third-order valence-corrected chi connectivity index (χ3v) is 7.35. The number of amides is 1. The number of halogens is 2. The second-order valence-corrected chi connectivity index (χ2v) is 9.32. The Morgan fingerprint density at radius 3 is 2.19 bits per heavy atom. The molecule has 2 saturated heterocycles. The molecule has 0 N–H and O–H groups in total. The molecule has 2 aliphatic heterocycles. The fraction of sp³-hybridized carbons (Fsp3) is 0.400. The largest absolute Gasteiger partial charge is 0.435 e. The van der Waals surface area contributed by atoms with E-state index in [2.05, 4.69) is 14.6 Å². The number of sulfonamides is 1. The van der Waals surface area contributed by atoms with Crippen LogP contribution in [0.15, 0.2) is 53.7 Å². The van der Waals surface area contributed by atoms with Crippen molar-refractivity contribution in [3.8, 4) is 5.75 Å². The lowest BCUT2D eigenvalue weighted by molar-refractivity contribution is -0.139. The molecule has 11 heteroatoms. The van der Waals surface area contributed by atoms with Gasteiger partial charge in [0.05, 0.1) is 10.8 Å². The number of hydrogen-bond donors (Lipinski definition) is 0. The number of carbonyl (C=O) groups is 1. The van der Waals surface area contributed by atoms with Gasteiger partial charge in [0.2, 0.25) is 15.9 Å². The zero-order chi connectivity index (χ0) is 22.0. The molecule has 0 radical (unpaired) electrons. The zero-order valence-corrected chi connectivity index (χ0v) is 17.4. The molecule has 1 aromatic carbocycles. The molecule has 0 saturated carbocycles. The molecule has 2 aliphatic rings. The third kappa shape index (κ3) is 4.62. The van der Waals surface area contributed by atoms with E-state index in [9.17, 15) is 22.0 Å². The summed E-state index contributed by atoms with van der Waals surface area (Å²) in [5.41, 5.74) is 1.06. The highest BCUT2D eigenvalue weighted by Crippen LogP contribution is 2.28. The molecule has 2 aromatic rings. The van der Waals surface area contributed by atoms with Crippen molar-refractivity contribution in [2.24, 2.45) is 5.92 Å². The van der Waals surface area contributed by atoms with Crippen LogP contribution in [-0.2, 0) is 14.8 Å². The number of hydrogen-bond acceptors (Lipinski definition) is 6. The van der Waals surface area contributed by atoms with E-state index in [-0.39, 0.29) is 35.6 Å². The number of benzene rings is 1. The summed E-state index contributed by atoms with van der Waals surface area (Å²) in [5.74, 6) is -0.526. The maximum absolute atomic E-state index is 12.8. The smallest absolute Gasteiger partial charge is 0.387 e. The fourth-order valence-corrected chi connectivity index (χ4v) is 5.26. The molecule has 0 bridgehead atoms. The van der Waals surface area contributed by atoms with Crippen molar-refractivity contribution in [2.45, 2.75) is 11.5 Å². The normalized spacial score (nSPS) is 18.2. The first-order chi connectivity index (χ1) is 14.8. The van der Waals surface area contributed by atoms with Crippen molar-refractivity contribution < 1.29 is 26.7 Å². The summed E-state index contributed by atoms with van der Waals surface area (Å²) in [6.07, 6.45) is 3.46. The van der Waals surface area contributed by atoms with Gasteiger partial charge in [0, 0.05) is 57.3 Å². The molecule has 0 atom stereocenters. The van der Waals surface area contributed by atoms with Crippen LogP contribution in [0.1, 0.15) is 0 Å². The number of carbonyl (C=O) groups excluding carboxylic acids is 1. The number of nitrogens with zero attached hydrogens (tertiary/aromatic N) is 4. The van der Waals surface area contributed by atoms with Crippen molar-refractivity contribution in [3.05, 3.63) is 48.8 Å². The molecular weight excluding hydrogens is 430 g/mol. The van der Waals surface area contributed by atoms with Gasteiger partial charge in [-0.1, -0.05) is 0 Å². The van der Waals surface area contributed by atoms with E-state index in [0.717, 1.165) is 5.69 Å². The van der Waals surface area contributed by atoms with E-state index in [0.29, 0.717) is 26.2 Å². The maximum atomic E-state index is 12.8. The van der Waals surface area contributed by atoms with Gasteiger partial charge < -0.3 is 14.5 Å². The Bertz CT molecular complexity index is 1010. The first kappa shape index (κ1) is 21.4. The van der Waals surface area contributed by atoms with Gasteiger partial charge in [0.1, 0.15) is 5.75 Å². The molecule has 3 heterocycles. The first-order valence-electron chi connectivity index (χ1n) is 9.83. The number of aromatic nitrogens is 1. The minimum Gasteiger partial charge on any atom is -0.435 e. The van der Waals surface area contributed by atoms with Gasteiger partial charge in [-0.05, 0) is 36.4 Å². The monoisotopic (exact) mass is 452 g/mol. The third-order valence-electron chi connectivity index (χ3n) is 5.50. The molecule has 1 amide bonds. The number of ether oxygens (including phenoxy) is 1. The molecule has 1 aromatic heterocycles. The average molecular weight is 452 g/mol. The summed E-state index contributed by atoms with van der Waals surface area (Å²) in [6.45, 7) is -0.181. The van der Waals surface area contributed by atoms with Gasteiger partial charge >= 0.3 is 6.61 Å². The number of pyridine rings is 1. The second-order valence-electron chi connectivity index (χ2n) is 7.39. The predicted molar refractivity (Wildman–Crippen MR) is 108 cm³/mol. The van der Waals surface area contributed by atoms with Crippen molar-refractivity contribution in [1.82, 2.24) is 14.2 Å². The van der Waals surface area contributed by atoms with Crippen LogP contribution in [-0.4, -0.2) is 74.4 Å². The molecule has 0 aliphatic carbocycles. The average Bonchev–Trinajstić information content (AvgIpc) is 2.73. The van der Waals surface area contributed by atoms with E-state index in [1.165, 1.54) is 28.6 Å². The lowest BCUT2D eigenvalue weighted by Crippen LogP contribution is -2.59. The quantitative estimate of drug-likeness (QED) is 0.663. The standard InChI is InChI=1S/C20H22F2N4O4S/c21-20(22)30-17-1-3-18(4-2-17)31(28,29)26-13-15(14-26)19(27)25-11-9-24(10-12-25)16-5-7-23-8-6-16/h1-8,15,20H,9-14H2. The van der Waals surface area contributed by atoms with Gasteiger partial charge in [-0.2, -0.15) is 13.1 Å².